The zero-order valence-electron chi connectivity index (χ0n) is 18.5. The molecule has 1 aromatic heterocycles. The lowest BCUT2D eigenvalue weighted by Crippen LogP contribution is -2.39. The fourth-order valence-corrected chi connectivity index (χ4v) is 5.00. The Balaban J connectivity index is 1.66. The third kappa shape index (κ3) is 3.65. The van der Waals surface area contributed by atoms with Gasteiger partial charge in [-0.3, -0.25) is 9.48 Å². The summed E-state index contributed by atoms with van der Waals surface area (Å²) in [5.41, 5.74) is 3.94. The second-order valence-electron chi connectivity index (χ2n) is 8.58. The minimum atomic E-state index is -0.984. The van der Waals surface area contributed by atoms with Gasteiger partial charge in [-0.2, -0.15) is 10.4 Å². The molecule has 1 aliphatic heterocycles. The van der Waals surface area contributed by atoms with Crippen LogP contribution in [0.2, 0.25) is 0 Å². The number of aromatic nitrogens is 2. The molecule has 2 aliphatic rings. The smallest absolute Gasteiger partial charge is 0.248 e. The molecule has 3 aromatic rings. The third-order valence-electron chi connectivity index (χ3n) is 6.53. The number of amides is 1. The zero-order chi connectivity index (χ0) is 24.0. The summed E-state index contributed by atoms with van der Waals surface area (Å²) in [6, 6.07) is 10.4. The van der Waals surface area contributed by atoms with Crippen LogP contribution in [0.3, 0.4) is 0 Å². The monoisotopic (exact) mass is 464 g/mol. The number of aliphatic hydroxyl groups excluding tert-OH is 1. The first kappa shape index (κ1) is 22.2. The minimum absolute atomic E-state index is 0.0456. The van der Waals surface area contributed by atoms with Gasteiger partial charge >= 0.3 is 0 Å². The number of hydrogen-bond donors (Lipinski definition) is 1. The number of nitrogens with zero attached hydrogens (tertiary/aromatic N) is 4. The Morgan fingerprint density at radius 1 is 1.29 bits per heavy atom. The molecule has 0 bridgehead atoms. The van der Waals surface area contributed by atoms with Crippen LogP contribution in [0.1, 0.15) is 34.0 Å². The topological polar surface area (TPSA) is 91.4 Å². The van der Waals surface area contributed by atoms with Crippen LogP contribution in [0.25, 0.3) is 11.3 Å². The van der Waals surface area contributed by atoms with Gasteiger partial charge in [0.1, 0.15) is 24.3 Å². The van der Waals surface area contributed by atoms with Gasteiger partial charge < -0.3 is 14.7 Å². The summed E-state index contributed by atoms with van der Waals surface area (Å²) in [6.45, 7) is 0.651. The van der Waals surface area contributed by atoms with Gasteiger partial charge in [0.2, 0.25) is 5.91 Å². The van der Waals surface area contributed by atoms with E-state index in [9.17, 15) is 23.9 Å². The van der Waals surface area contributed by atoms with Crippen molar-refractivity contribution in [1.29, 1.82) is 5.26 Å². The molecular formula is C25H22F2N4O3. The molecule has 2 heterocycles. The van der Waals surface area contributed by atoms with Gasteiger partial charge in [-0.05, 0) is 29.3 Å². The van der Waals surface area contributed by atoms with Crippen molar-refractivity contribution in [3.05, 3.63) is 76.0 Å². The molecule has 0 saturated carbocycles. The van der Waals surface area contributed by atoms with Crippen molar-refractivity contribution in [2.24, 2.45) is 0 Å². The standard InChI is InChI=1S/C25H22F2N4O3/c1-34-13-23(33)30-6-5-21-19(12-30)24(15-4-2-3-14(7-15)11-28)29-31(21)25-18-8-16(26)9-20(27)17(18)10-22(25)32/h2-4,7-9,22,25,32H,5-6,10,12-13H2,1H3/t22-,25?/m1/s1. The maximum absolute atomic E-state index is 14.5. The number of benzene rings is 2. The van der Waals surface area contributed by atoms with E-state index in [0.717, 1.165) is 17.3 Å². The zero-order valence-corrected chi connectivity index (χ0v) is 18.5. The molecule has 7 nitrogen and oxygen atoms in total. The Kier molecular flexibility index (Phi) is 5.63. The summed E-state index contributed by atoms with van der Waals surface area (Å²) in [4.78, 5) is 14.2. The summed E-state index contributed by atoms with van der Waals surface area (Å²) in [6.07, 6.45) is -0.480. The Morgan fingerprint density at radius 2 is 2.12 bits per heavy atom. The molecule has 34 heavy (non-hydrogen) atoms. The molecule has 174 valence electrons. The predicted octanol–water partition coefficient (Wildman–Crippen LogP) is 2.74. The molecule has 1 unspecified atom stereocenters. The largest absolute Gasteiger partial charge is 0.390 e. The molecule has 0 saturated heterocycles. The number of halogens is 2. The van der Waals surface area contributed by atoms with Crippen molar-refractivity contribution in [2.75, 3.05) is 20.3 Å². The summed E-state index contributed by atoms with van der Waals surface area (Å²) >= 11 is 0. The number of nitriles is 1. The van der Waals surface area contributed by atoms with E-state index < -0.39 is 23.8 Å². The summed E-state index contributed by atoms with van der Waals surface area (Å²) in [5, 5.41) is 25.0. The van der Waals surface area contributed by atoms with Crippen molar-refractivity contribution in [3.8, 4) is 17.3 Å². The second-order valence-corrected chi connectivity index (χ2v) is 8.58. The van der Waals surface area contributed by atoms with Crippen molar-refractivity contribution in [1.82, 2.24) is 14.7 Å². The number of hydrogen-bond acceptors (Lipinski definition) is 5. The van der Waals surface area contributed by atoms with E-state index in [1.807, 2.05) is 6.07 Å². The molecule has 1 amide bonds. The van der Waals surface area contributed by atoms with E-state index in [-0.39, 0.29) is 31.0 Å². The summed E-state index contributed by atoms with van der Waals surface area (Å²) in [5.74, 6) is -1.56. The van der Waals surface area contributed by atoms with Crippen LogP contribution >= 0.6 is 0 Å². The van der Waals surface area contributed by atoms with E-state index in [0.29, 0.717) is 35.3 Å². The number of aliphatic hydroxyl groups is 1. The van der Waals surface area contributed by atoms with E-state index in [1.54, 1.807) is 27.8 Å². The lowest BCUT2D eigenvalue weighted by atomic mass is 9.99. The lowest BCUT2D eigenvalue weighted by molar-refractivity contribution is -0.136. The predicted molar refractivity (Wildman–Crippen MR) is 118 cm³/mol. The number of fused-ring (bicyclic) bond motifs is 2. The van der Waals surface area contributed by atoms with E-state index in [1.165, 1.54) is 13.2 Å². The SMILES string of the molecule is COCC(=O)N1CCc2c(c(-c3cccc(C#N)c3)nn2C2c3cc(F)cc(F)c3C[C@H]2O)C1. The van der Waals surface area contributed by atoms with Gasteiger partial charge in [-0.15, -0.1) is 0 Å². The average Bonchev–Trinajstić information content (AvgIpc) is 3.36. The molecule has 5 rings (SSSR count). The van der Waals surface area contributed by atoms with Gasteiger partial charge in [0, 0.05) is 55.9 Å². The molecule has 1 N–H and O–H groups in total. The maximum Gasteiger partial charge on any atom is 0.248 e. The minimum Gasteiger partial charge on any atom is -0.390 e. The molecule has 1 aliphatic carbocycles. The molecule has 2 atom stereocenters. The van der Waals surface area contributed by atoms with Crippen LogP contribution in [0.15, 0.2) is 36.4 Å². The first-order valence-electron chi connectivity index (χ1n) is 10.9. The third-order valence-corrected chi connectivity index (χ3v) is 6.53. The quantitative estimate of drug-likeness (QED) is 0.641. The normalized spacial score (nSPS) is 19.0. The molecular weight excluding hydrogens is 442 g/mol. The number of carbonyl (C=O) groups is 1. The van der Waals surface area contributed by atoms with Gasteiger partial charge in [0.05, 0.1) is 23.4 Å². The fourth-order valence-electron chi connectivity index (χ4n) is 5.00. The molecule has 9 heteroatoms. The Morgan fingerprint density at radius 3 is 2.88 bits per heavy atom. The fraction of sp³-hybridized carbons (Fsp3) is 0.320. The Labute approximate surface area is 194 Å². The summed E-state index contributed by atoms with van der Waals surface area (Å²) in [7, 11) is 1.46. The van der Waals surface area contributed by atoms with Crippen molar-refractivity contribution in [3.63, 3.8) is 0 Å². The van der Waals surface area contributed by atoms with Crippen molar-refractivity contribution < 1.29 is 23.4 Å². The lowest BCUT2D eigenvalue weighted by Gasteiger charge is -2.29. The van der Waals surface area contributed by atoms with Crippen LogP contribution in [-0.2, 0) is 28.9 Å². The van der Waals surface area contributed by atoms with E-state index >= 15 is 0 Å². The average molecular weight is 464 g/mol. The molecule has 0 fully saturated rings. The molecule has 0 spiro atoms. The first-order valence-corrected chi connectivity index (χ1v) is 10.9. The second kappa shape index (κ2) is 8.63. The first-order chi connectivity index (χ1) is 16.4. The highest BCUT2D eigenvalue weighted by Gasteiger charge is 2.39. The summed E-state index contributed by atoms with van der Waals surface area (Å²) < 4.78 is 35.2. The van der Waals surface area contributed by atoms with Gasteiger partial charge in [-0.25, -0.2) is 8.78 Å². The highest BCUT2D eigenvalue weighted by molar-refractivity contribution is 5.78. The number of methoxy groups -OCH3 is 1. The van der Waals surface area contributed by atoms with Crippen LogP contribution < -0.4 is 0 Å². The number of ether oxygens (including phenoxy) is 1. The van der Waals surface area contributed by atoms with Crippen molar-refractivity contribution in [2.45, 2.75) is 31.5 Å². The van der Waals surface area contributed by atoms with Gasteiger partial charge in [-0.1, -0.05) is 12.1 Å². The maximum atomic E-state index is 14.5. The van der Waals surface area contributed by atoms with Crippen molar-refractivity contribution >= 4 is 5.91 Å². The molecule has 2 aromatic carbocycles. The highest BCUT2D eigenvalue weighted by Crippen LogP contribution is 2.40. The number of carbonyl (C=O) groups excluding carboxylic acids is 1. The molecule has 0 radical (unpaired) electrons. The highest BCUT2D eigenvalue weighted by atomic mass is 19.1. The van der Waals surface area contributed by atoms with Gasteiger partial charge in [0.15, 0.2) is 0 Å². The van der Waals surface area contributed by atoms with Crippen LogP contribution in [-0.4, -0.2) is 52.1 Å². The van der Waals surface area contributed by atoms with Crippen LogP contribution in [0.4, 0.5) is 8.78 Å². The van der Waals surface area contributed by atoms with E-state index in [2.05, 4.69) is 6.07 Å². The Hall–Kier alpha value is -3.61. The van der Waals surface area contributed by atoms with Crippen LogP contribution in [0, 0.1) is 23.0 Å². The number of rotatable bonds is 4. The van der Waals surface area contributed by atoms with Crippen LogP contribution in [0.5, 0.6) is 0 Å². The van der Waals surface area contributed by atoms with E-state index in [4.69, 9.17) is 9.84 Å². The van der Waals surface area contributed by atoms with Gasteiger partial charge in [0.25, 0.3) is 0 Å². The Bertz CT molecular complexity index is 1330.